The van der Waals surface area contributed by atoms with Crippen LogP contribution in [0.4, 0.5) is 0 Å². The fourth-order valence-electron chi connectivity index (χ4n) is 4.70. The molecule has 5 heteroatoms. The molecule has 2 N–H and O–H groups in total. The van der Waals surface area contributed by atoms with Crippen LogP contribution in [-0.2, 0) is 11.3 Å². The lowest BCUT2D eigenvalue weighted by Crippen LogP contribution is -2.41. The van der Waals surface area contributed by atoms with E-state index in [1.54, 1.807) is 18.2 Å². The molecule has 4 nitrogen and oxygen atoms in total. The Morgan fingerprint density at radius 1 is 0.882 bits per heavy atom. The lowest BCUT2D eigenvalue weighted by Gasteiger charge is -2.33. The summed E-state index contributed by atoms with van der Waals surface area (Å²) in [5.74, 6) is -0.622. The largest absolute Gasteiger partial charge is 0.478 e. The van der Waals surface area contributed by atoms with Gasteiger partial charge in [0.05, 0.1) is 18.3 Å². The first kappa shape index (κ1) is 24.0. The maximum Gasteiger partial charge on any atom is 0.335 e. The molecule has 1 heterocycles. The molecule has 1 aliphatic heterocycles. The first-order valence-electron chi connectivity index (χ1n) is 11.4. The Labute approximate surface area is 206 Å². The van der Waals surface area contributed by atoms with E-state index < -0.39 is 5.97 Å². The Hall–Kier alpha value is -3.18. The number of carboxylic acids is 1. The molecule has 4 aromatic rings. The van der Waals surface area contributed by atoms with Gasteiger partial charge in [-0.25, -0.2) is 4.79 Å². The highest BCUT2D eigenvalue weighted by atomic mass is 35.5. The minimum absolute atomic E-state index is 0. The van der Waals surface area contributed by atoms with Gasteiger partial charge in [-0.05, 0) is 64.2 Å². The number of benzene rings is 4. The number of hydrogen-bond donors (Lipinski definition) is 2. The highest BCUT2D eigenvalue weighted by Crippen LogP contribution is 2.32. The lowest BCUT2D eigenvalue weighted by molar-refractivity contribution is 0.0107. The summed E-state index contributed by atoms with van der Waals surface area (Å²) in [6, 6.07) is 30.4. The Bertz CT molecular complexity index is 1290. The third-order valence-corrected chi connectivity index (χ3v) is 6.46. The number of aromatic carboxylic acids is 1. The minimum atomic E-state index is -0.909. The highest BCUT2D eigenvalue weighted by molar-refractivity contribution is 5.89. The number of halogens is 1. The first-order chi connectivity index (χ1) is 16.2. The summed E-state index contributed by atoms with van der Waals surface area (Å²) in [7, 11) is 0. The summed E-state index contributed by atoms with van der Waals surface area (Å²) in [6.45, 7) is 2.35. The molecule has 0 radical (unpaired) electrons. The van der Waals surface area contributed by atoms with E-state index in [0.29, 0.717) is 12.2 Å². The Morgan fingerprint density at radius 2 is 1.65 bits per heavy atom. The SMILES string of the molecule is Cl.O=C(O)c1cccc(-c2cccc(C3CCNCC3OCc3ccc4ccccc4c3)c2)c1. The van der Waals surface area contributed by atoms with Crippen molar-refractivity contribution in [2.45, 2.75) is 25.0 Å². The van der Waals surface area contributed by atoms with Gasteiger partial charge in [-0.1, -0.05) is 72.8 Å². The molecule has 1 aliphatic rings. The van der Waals surface area contributed by atoms with Crippen LogP contribution in [0.5, 0.6) is 0 Å². The molecule has 0 aromatic heterocycles. The van der Waals surface area contributed by atoms with Crippen LogP contribution in [0.3, 0.4) is 0 Å². The van der Waals surface area contributed by atoms with Crippen molar-refractivity contribution in [2.24, 2.45) is 0 Å². The van der Waals surface area contributed by atoms with Crippen molar-refractivity contribution in [3.8, 4) is 11.1 Å². The van der Waals surface area contributed by atoms with Gasteiger partial charge in [0.15, 0.2) is 0 Å². The molecule has 0 spiro atoms. The van der Waals surface area contributed by atoms with Crippen molar-refractivity contribution < 1.29 is 14.6 Å². The predicted molar refractivity (Wildman–Crippen MR) is 139 cm³/mol. The quantitative estimate of drug-likeness (QED) is 0.345. The molecule has 174 valence electrons. The van der Waals surface area contributed by atoms with Crippen LogP contribution in [0.2, 0.25) is 0 Å². The molecule has 1 saturated heterocycles. The van der Waals surface area contributed by atoms with Gasteiger partial charge in [0.2, 0.25) is 0 Å². The number of carboxylic acid groups (broad SMARTS) is 1. The fraction of sp³-hybridized carbons (Fsp3) is 0.207. The van der Waals surface area contributed by atoms with Crippen LogP contribution in [0.15, 0.2) is 91.0 Å². The van der Waals surface area contributed by atoms with Crippen molar-refractivity contribution in [3.63, 3.8) is 0 Å². The molecule has 0 amide bonds. The van der Waals surface area contributed by atoms with E-state index in [9.17, 15) is 9.90 Å². The van der Waals surface area contributed by atoms with E-state index in [1.807, 2.05) is 12.1 Å². The fourth-order valence-corrected chi connectivity index (χ4v) is 4.70. The van der Waals surface area contributed by atoms with Crippen molar-refractivity contribution in [2.75, 3.05) is 13.1 Å². The average Bonchev–Trinajstić information content (AvgIpc) is 2.87. The summed E-state index contributed by atoms with van der Waals surface area (Å²) < 4.78 is 6.44. The second kappa shape index (κ2) is 10.8. The molecule has 2 unspecified atom stereocenters. The predicted octanol–water partition coefficient (Wildman–Crippen LogP) is 6.29. The van der Waals surface area contributed by atoms with Crippen LogP contribution in [0.1, 0.15) is 33.8 Å². The van der Waals surface area contributed by atoms with E-state index in [-0.39, 0.29) is 24.4 Å². The molecule has 2 atom stereocenters. The summed E-state index contributed by atoms with van der Waals surface area (Å²) in [5, 5.41) is 15.3. The number of carbonyl (C=O) groups is 1. The average molecular weight is 474 g/mol. The van der Waals surface area contributed by atoms with Gasteiger partial charge < -0.3 is 15.2 Å². The molecule has 0 bridgehead atoms. The van der Waals surface area contributed by atoms with Crippen molar-refractivity contribution in [1.29, 1.82) is 0 Å². The summed E-state index contributed by atoms with van der Waals surface area (Å²) in [6.07, 6.45) is 1.08. The number of rotatable bonds is 6. The summed E-state index contributed by atoms with van der Waals surface area (Å²) in [5.41, 5.74) is 4.66. The van der Waals surface area contributed by atoms with Crippen LogP contribution < -0.4 is 5.32 Å². The zero-order chi connectivity index (χ0) is 22.6. The van der Waals surface area contributed by atoms with E-state index in [0.717, 1.165) is 30.6 Å². The van der Waals surface area contributed by atoms with Crippen LogP contribution in [-0.4, -0.2) is 30.3 Å². The molecule has 34 heavy (non-hydrogen) atoms. The van der Waals surface area contributed by atoms with Crippen molar-refractivity contribution in [1.82, 2.24) is 5.32 Å². The summed E-state index contributed by atoms with van der Waals surface area (Å²) in [4.78, 5) is 11.4. The van der Waals surface area contributed by atoms with Gasteiger partial charge in [-0.15, -0.1) is 12.4 Å². The van der Waals surface area contributed by atoms with Crippen LogP contribution >= 0.6 is 12.4 Å². The van der Waals surface area contributed by atoms with Gasteiger partial charge in [-0.2, -0.15) is 0 Å². The van der Waals surface area contributed by atoms with E-state index in [1.165, 1.54) is 21.9 Å². The van der Waals surface area contributed by atoms with Crippen molar-refractivity contribution in [3.05, 3.63) is 108 Å². The smallest absolute Gasteiger partial charge is 0.335 e. The van der Waals surface area contributed by atoms with Crippen LogP contribution in [0, 0.1) is 0 Å². The first-order valence-corrected chi connectivity index (χ1v) is 11.4. The molecule has 1 fully saturated rings. The Balaban J connectivity index is 0.00000274. The molecular formula is C29H28ClNO3. The van der Waals surface area contributed by atoms with E-state index in [4.69, 9.17) is 4.74 Å². The van der Waals surface area contributed by atoms with Gasteiger partial charge in [-0.3, -0.25) is 0 Å². The zero-order valence-electron chi connectivity index (χ0n) is 18.8. The van der Waals surface area contributed by atoms with Gasteiger partial charge in [0.1, 0.15) is 0 Å². The molecule has 5 rings (SSSR count). The second-order valence-corrected chi connectivity index (χ2v) is 8.64. The maximum absolute atomic E-state index is 11.4. The molecule has 0 saturated carbocycles. The normalized spacial score (nSPS) is 17.8. The standard InChI is InChI=1S/C29H27NO3.ClH/c31-29(32)26-10-4-8-24(17-26)23-7-3-9-25(16-23)27-13-14-30-18-28(27)33-19-20-11-12-21-5-1-2-6-22(21)15-20;/h1-12,15-17,27-28,30H,13-14,18-19H2,(H,31,32);1H. The number of nitrogens with one attached hydrogen (secondary N) is 1. The Morgan fingerprint density at radius 3 is 2.47 bits per heavy atom. The number of ether oxygens (including phenoxy) is 1. The molecule has 4 aromatic carbocycles. The lowest BCUT2D eigenvalue weighted by atomic mass is 9.86. The van der Waals surface area contributed by atoms with E-state index >= 15 is 0 Å². The third-order valence-electron chi connectivity index (χ3n) is 6.46. The number of hydrogen-bond acceptors (Lipinski definition) is 3. The van der Waals surface area contributed by atoms with Gasteiger partial charge >= 0.3 is 5.97 Å². The monoisotopic (exact) mass is 473 g/mol. The van der Waals surface area contributed by atoms with Gasteiger partial charge in [0.25, 0.3) is 0 Å². The maximum atomic E-state index is 11.4. The number of piperidine rings is 1. The second-order valence-electron chi connectivity index (χ2n) is 8.64. The topological polar surface area (TPSA) is 58.6 Å². The zero-order valence-corrected chi connectivity index (χ0v) is 19.6. The number of fused-ring (bicyclic) bond motifs is 1. The van der Waals surface area contributed by atoms with E-state index in [2.05, 4.69) is 66.0 Å². The molecule has 0 aliphatic carbocycles. The summed E-state index contributed by atoms with van der Waals surface area (Å²) >= 11 is 0. The van der Waals surface area contributed by atoms with Gasteiger partial charge in [0, 0.05) is 12.5 Å². The van der Waals surface area contributed by atoms with Crippen molar-refractivity contribution >= 4 is 29.1 Å². The highest BCUT2D eigenvalue weighted by Gasteiger charge is 2.27. The Kier molecular flexibility index (Phi) is 7.63. The van der Waals surface area contributed by atoms with Crippen LogP contribution in [0.25, 0.3) is 21.9 Å². The molecular weight excluding hydrogens is 446 g/mol. The third kappa shape index (κ3) is 5.31. The minimum Gasteiger partial charge on any atom is -0.478 e.